The van der Waals surface area contributed by atoms with Crippen molar-refractivity contribution in [3.63, 3.8) is 0 Å². The Bertz CT molecular complexity index is 99.2. The average molecular weight is 221 g/mol. The molecule has 0 radical (unpaired) electrons. The molecule has 0 fully saturated rings. The summed E-state index contributed by atoms with van der Waals surface area (Å²) in [6.45, 7) is 0. The maximum atomic E-state index is 8.52. The van der Waals surface area contributed by atoms with E-state index in [1.54, 1.807) is 0 Å². The predicted molar refractivity (Wildman–Crippen MR) is 16.2 cm³/mol. The minimum absolute atomic E-state index is 0. The van der Waals surface area contributed by atoms with E-state index in [-0.39, 0.29) is 54.9 Å². The Morgan fingerprint density at radius 1 is 1.12 bits per heavy atom. The molecule has 0 amide bonds. The van der Waals surface area contributed by atoms with Crippen LogP contribution in [-0.2, 0) is 29.9 Å². The summed E-state index contributed by atoms with van der Waals surface area (Å²) in [5, 5.41) is 0. The van der Waals surface area contributed by atoms with Gasteiger partial charge in [0.05, 0.1) is 0 Å². The molecule has 0 aromatic heterocycles. The summed E-state index contributed by atoms with van der Waals surface area (Å²) in [7, 11) is -5.17. The van der Waals surface area contributed by atoms with Crippen molar-refractivity contribution in [2.24, 2.45) is 0 Å². The first-order valence-electron chi connectivity index (χ1n) is 0.667. The van der Waals surface area contributed by atoms with Crippen LogP contribution in [0.1, 0.15) is 0 Å². The van der Waals surface area contributed by atoms with Crippen LogP contribution in [0.15, 0.2) is 0 Å². The Morgan fingerprint density at radius 2 is 1.12 bits per heavy atom. The molecule has 0 aliphatic carbocycles. The van der Waals surface area contributed by atoms with Gasteiger partial charge in [0.15, 0.2) is 0 Å². The van der Waals surface area contributed by atoms with Gasteiger partial charge in [-0.15, -0.1) is 0 Å². The first kappa shape index (κ1) is 22.7. The molecule has 0 saturated carbocycles. The van der Waals surface area contributed by atoms with E-state index < -0.39 is 10.4 Å². The molecule has 0 saturated heterocycles. The molecular formula is ClMgO4SZn+. The van der Waals surface area contributed by atoms with Crippen LogP contribution in [0.4, 0.5) is 0 Å². The SMILES string of the molecule is O=S(=O)([O-])[O-].[Cl-].[Mg+2].[Zn+2]. The van der Waals surface area contributed by atoms with Crippen LogP contribution in [0.25, 0.3) is 0 Å². The predicted octanol–water partition coefficient (Wildman–Crippen LogP) is -4.72. The van der Waals surface area contributed by atoms with Gasteiger partial charge in [0.2, 0.25) is 0 Å². The molecule has 0 atom stereocenters. The third-order valence-corrected chi connectivity index (χ3v) is 0. The first-order chi connectivity index (χ1) is 2.00. The molecule has 4 nitrogen and oxygen atoms in total. The van der Waals surface area contributed by atoms with E-state index in [1.807, 2.05) is 0 Å². The number of hydrogen-bond donors (Lipinski definition) is 0. The van der Waals surface area contributed by atoms with Crippen molar-refractivity contribution in [1.29, 1.82) is 0 Å². The monoisotopic (exact) mass is 219 g/mol. The maximum absolute atomic E-state index is 8.52. The molecule has 0 aliphatic heterocycles. The van der Waals surface area contributed by atoms with E-state index in [9.17, 15) is 0 Å². The summed E-state index contributed by atoms with van der Waals surface area (Å²) in [6, 6.07) is 0. The molecule has 0 aliphatic rings. The zero-order chi connectivity index (χ0) is 4.50. The van der Waals surface area contributed by atoms with E-state index in [0.29, 0.717) is 0 Å². The normalized spacial score (nSPS) is 7.25. The van der Waals surface area contributed by atoms with E-state index in [4.69, 9.17) is 17.5 Å². The third kappa shape index (κ3) is 135. The molecule has 0 N–H and O–H groups in total. The summed E-state index contributed by atoms with van der Waals surface area (Å²) >= 11 is 0. The Balaban J connectivity index is -0.0000000267. The fourth-order valence-corrected chi connectivity index (χ4v) is 0. The van der Waals surface area contributed by atoms with Crippen molar-refractivity contribution in [3.8, 4) is 0 Å². The summed E-state index contributed by atoms with van der Waals surface area (Å²) in [6.07, 6.45) is 0. The van der Waals surface area contributed by atoms with Crippen molar-refractivity contribution in [3.05, 3.63) is 0 Å². The van der Waals surface area contributed by atoms with Crippen LogP contribution in [0.2, 0.25) is 0 Å². The van der Waals surface area contributed by atoms with Crippen LogP contribution in [0.5, 0.6) is 0 Å². The second kappa shape index (κ2) is 8.55. The fourth-order valence-electron chi connectivity index (χ4n) is 0. The van der Waals surface area contributed by atoms with Crippen LogP contribution in [-0.4, -0.2) is 40.6 Å². The summed E-state index contributed by atoms with van der Waals surface area (Å²) in [5.74, 6) is 0. The van der Waals surface area contributed by atoms with Crippen molar-refractivity contribution in [2.45, 2.75) is 0 Å². The summed E-state index contributed by atoms with van der Waals surface area (Å²) in [5.41, 5.74) is 0. The van der Waals surface area contributed by atoms with E-state index in [1.165, 1.54) is 0 Å². The molecule has 0 aromatic carbocycles. The number of rotatable bonds is 0. The Labute approximate surface area is 82.3 Å². The standard InChI is InChI=1S/ClH.Mg.H2O4S.Zn/c;;1-5(2,3)4;/h1H;;(H2,1,2,3,4);/q;+2;;+2/p-3. The second-order valence-corrected chi connectivity index (χ2v) is 1.22. The topological polar surface area (TPSA) is 80.3 Å². The zero-order valence-corrected chi connectivity index (χ0v) is 9.79. The zero-order valence-electron chi connectivity index (χ0n) is 3.83. The van der Waals surface area contributed by atoms with E-state index in [0.717, 1.165) is 0 Å². The Kier molecular flexibility index (Phi) is 24.2. The summed E-state index contributed by atoms with van der Waals surface area (Å²) < 4.78 is 34.1. The molecule has 8 heavy (non-hydrogen) atoms. The molecular weight excluding hydrogens is 221 g/mol. The maximum Gasteiger partial charge on any atom is 2.00 e. The van der Waals surface area contributed by atoms with Gasteiger partial charge in [0.1, 0.15) is 0 Å². The molecule has 0 heterocycles. The average Bonchev–Trinajstić information content (AvgIpc) is 0.722. The third-order valence-electron chi connectivity index (χ3n) is 0. The van der Waals surface area contributed by atoms with Crippen LogP contribution in [0, 0.1) is 0 Å². The molecule has 0 spiro atoms. The Morgan fingerprint density at radius 3 is 1.12 bits per heavy atom. The van der Waals surface area contributed by atoms with Gasteiger partial charge < -0.3 is 21.5 Å². The van der Waals surface area contributed by atoms with Gasteiger partial charge in [-0.2, -0.15) is 0 Å². The number of hydrogen-bond acceptors (Lipinski definition) is 4. The summed E-state index contributed by atoms with van der Waals surface area (Å²) in [4.78, 5) is 0. The van der Waals surface area contributed by atoms with E-state index >= 15 is 0 Å². The van der Waals surface area contributed by atoms with Gasteiger partial charge in [-0.05, 0) is 0 Å². The van der Waals surface area contributed by atoms with Gasteiger partial charge in [-0.1, -0.05) is 0 Å². The fraction of sp³-hybridized carbons (Fsp3) is 0. The largest absolute Gasteiger partial charge is 2.00 e. The molecule has 0 rings (SSSR count). The second-order valence-electron chi connectivity index (χ2n) is 0.408. The smallest absolute Gasteiger partial charge is 1.00 e. The van der Waals surface area contributed by atoms with Crippen LogP contribution >= 0.6 is 0 Å². The van der Waals surface area contributed by atoms with Crippen molar-refractivity contribution in [2.75, 3.05) is 0 Å². The quantitative estimate of drug-likeness (QED) is 0.234. The molecule has 0 unspecified atom stereocenters. The van der Waals surface area contributed by atoms with E-state index in [2.05, 4.69) is 0 Å². The van der Waals surface area contributed by atoms with Crippen molar-refractivity contribution in [1.82, 2.24) is 0 Å². The van der Waals surface area contributed by atoms with Gasteiger partial charge in [0.25, 0.3) is 0 Å². The molecule has 0 aromatic rings. The van der Waals surface area contributed by atoms with Gasteiger partial charge in [-0.3, -0.25) is 8.42 Å². The Hall–Kier alpha value is 1.55. The molecule has 0 bridgehead atoms. The minimum atomic E-state index is -5.17. The van der Waals surface area contributed by atoms with Gasteiger partial charge >= 0.3 is 42.5 Å². The number of halogens is 1. The van der Waals surface area contributed by atoms with Crippen LogP contribution in [0.3, 0.4) is 0 Å². The van der Waals surface area contributed by atoms with Gasteiger partial charge in [-0.25, -0.2) is 0 Å². The molecule has 40 valence electrons. The van der Waals surface area contributed by atoms with Crippen molar-refractivity contribution >= 4 is 33.5 Å². The molecule has 8 heteroatoms. The van der Waals surface area contributed by atoms with Crippen LogP contribution < -0.4 is 12.4 Å². The first-order valence-corrected chi connectivity index (χ1v) is 2.00. The minimum Gasteiger partial charge on any atom is -1.00 e. The van der Waals surface area contributed by atoms with Crippen molar-refractivity contribution < 1.29 is 49.4 Å². The van der Waals surface area contributed by atoms with Gasteiger partial charge in [0, 0.05) is 10.4 Å².